The summed E-state index contributed by atoms with van der Waals surface area (Å²) in [6, 6.07) is 11.6. The van der Waals surface area contributed by atoms with Gasteiger partial charge in [-0.05, 0) is 50.3 Å². The lowest BCUT2D eigenvalue weighted by Crippen LogP contribution is -2.37. The first kappa shape index (κ1) is 23.2. The molecule has 0 amide bonds. The van der Waals surface area contributed by atoms with Gasteiger partial charge < -0.3 is 9.64 Å². The van der Waals surface area contributed by atoms with Crippen LogP contribution in [0.4, 0.5) is 0 Å². The molecule has 0 atom stereocenters. The molecule has 1 heterocycles. The molecular formula is C28H27Cl2NO3. The molecule has 0 fully saturated rings. The summed E-state index contributed by atoms with van der Waals surface area (Å²) in [4.78, 5) is 28.7. The van der Waals surface area contributed by atoms with E-state index >= 15 is 0 Å². The quantitative estimate of drug-likeness (QED) is 0.461. The number of aryl methyl sites for hydroxylation is 1. The van der Waals surface area contributed by atoms with Crippen molar-refractivity contribution in [1.82, 2.24) is 4.90 Å². The van der Waals surface area contributed by atoms with Gasteiger partial charge in [-0.15, -0.1) is 0 Å². The predicted molar refractivity (Wildman–Crippen MR) is 134 cm³/mol. The van der Waals surface area contributed by atoms with Gasteiger partial charge >= 0.3 is 0 Å². The van der Waals surface area contributed by atoms with Gasteiger partial charge in [0.05, 0.1) is 5.02 Å². The second-order valence-electron chi connectivity index (χ2n) is 9.35. The molecular weight excluding hydrogens is 469 g/mol. The van der Waals surface area contributed by atoms with E-state index in [2.05, 4.69) is 4.90 Å². The molecule has 0 unspecified atom stereocenters. The predicted octanol–water partition coefficient (Wildman–Crippen LogP) is 6.92. The maximum Gasteiger partial charge on any atom is 0.161 e. The molecule has 6 heteroatoms. The Kier molecular flexibility index (Phi) is 6.30. The summed E-state index contributed by atoms with van der Waals surface area (Å²) in [5.74, 6) is 0.148. The number of hydrogen-bond donors (Lipinski definition) is 0. The summed E-state index contributed by atoms with van der Waals surface area (Å²) in [5, 5.41) is 0.835. The fraction of sp³-hybridized carbons (Fsp3) is 0.357. The van der Waals surface area contributed by atoms with E-state index in [0.29, 0.717) is 52.0 Å². The van der Waals surface area contributed by atoms with Crippen LogP contribution in [0, 0.1) is 6.92 Å². The first-order chi connectivity index (χ1) is 16.3. The van der Waals surface area contributed by atoms with Crippen molar-refractivity contribution in [3.63, 3.8) is 0 Å². The van der Waals surface area contributed by atoms with Crippen molar-refractivity contribution in [2.24, 2.45) is 0 Å². The second kappa shape index (κ2) is 9.24. The lowest BCUT2D eigenvalue weighted by Gasteiger charge is -2.42. The Morgan fingerprint density at radius 3 is 2.09 bits per heavy atom. The molecule has 0 N–H and O–H groups in total. The normalized spacial score (nSPS) is 18.9. The van der Waals surface area contributed by atoms with E-state index in [1.807, 2.05) is 44.3 Å². The molecule has 176 valence electrons. The van der Waals surface area contributed by atoms with Crippen LogP contribution in [0.3, 0.4) is 0 Å². The molecule has 5 rings (SSSR count). The van der Waals surface area contributed by atoms with Crippen LogP contribution in [0.25, 0.3) is 0 Å². The van der Waals surface area contributed by atoms with Crippen molar-refractivity contribution < 1.29 is 14.3 Å². The zero-order valence-electron chi connectivity index (χ0n) is 19.4. The molecule has 0 spiro atoms. The molecule has 4 nitrogen and oxygen atoms in total. The number of halogens is 2. The van der Waals surface area contributed by atoms with Crippen LogP contribution in [0.2, 0.25) is 10.0 Å². The zero-order chi connectivity index (χ0) is 24.0. The van der Waals surface area contributed by atoms with Crippen LogP contribution < -0.4 is 4.74 Å². The molecule has 0 bridgehead atoms. The van der Waals surface area contributed by atoms with Gasteiger partial charge in [0.2, 0.25) is 0 Å². The molecule has 2 aromatic rings. The minimum atomic E-state index is -0.508. The second-order valence-corrected chi connectivity index (χ2v) is 10.2. The van der Waals surface area contributed by atoms with E-state index in [1.165, 1.54) is 5.56 Å². The highest BCUT2D eigenvalue weighted by molar-refractivity contribution is 6.35. The summed E-state index contributed by atoms with van der Waals surface area (Å²) < 4.78 is 6.29. The van der Waals surface area contributed by atoms with Crippen LogP contribution in [-0.4, -0.2) is 23.5 Å². The van der Waals surface area contributed by atoms with Crippen LogP contribution in [0.5, 0.6) is 5.75 Å². The minimum Gasteiger partial charge on any atom is -0.487 e. The number of carbonyl (C=O) groups excluding carboxylic acids is 2. The molecule has 0 aromatic heterocycles. The third-order valence-corrected chi connectivity index (χ3v) is 7.60. The Labute approximate surface area is 210 Å². The molecule has 2 aromatic carbocycles. The van der Waals surface area contributed by atoms with E-state index < -0.39 is 5.92 Å². The lowest BCUT2D eigenvalue weighted by molar-refractivity contribution is -0.117. The van der Waals surface area contributed by atoms with Crippen molar-refractivity contribution in [2.45, 2.75) is 58.0 Å². The highest BCUT2D eigenvalue weighted by Crippen LogP contribution is 2.52. The number of nitrogens with zero attached hydrogens (tertiary/aromatic N) is 1. The monoisotopic (exact) mass is 495 g/mol. The van der Waals surface area contributed by atoms with E-state index in [9.17, 15) is 9.59 Å². The highest BCUT2D eigenvalue weighted by Gasteiger charge is 2.43. The number of allylic oxidation sites excluding steroid dienone is 4. The van der Waals surface area contributed by atoms with Crippen molar-refractivity contribution in [1.29, 1.82) is 0 Å². The Hall–Kier alpha value is -2.56. The van der Waals surface area contributed by atoms with Crippen molar-refractivity contribution in [3.8, 4) is 5.75 Å². The van der Waals surface area contributed by atoms with Gasteiger partial charge in [-0.2, -0.15) is 0 Å². The standard InChI is InChI=1S/C28H27Cl2NO3/c1-16-9-11-17(12-10-16)15-34-28-19(13-18(29)14-20(28)30)25-26-21(5-3-7-23(26)32)31(2)22-6-4-8-24(33)27(22)25/h9-14,25H,3-8,15H2,1-2H3. The maximum absolute atomic E-state index is 13.3. The number of benzene rings is 2. The number of carbonyl (C=O) groups is 2. The average Bonchev–Trinajstić information content (AvgIpc) is 2.80. The number of ether oxygens (including phenoxy) is 1. The van der Waals surface area contributed by atoms with Gasteiger partial charge in [0.1, 0.15) is 12.4 Å². The summed E-state index contributed by atoms with van der Waals surface area (Å²) >= 11 is 13.2. The average molecular weight is 496 g/mol. The number of ketones is 2. The lowest BCUT2D eigenvalue weighted by atomic mass is 9.71. The first-order valence-corrected chi connectivity index (χ1v) is 12.5. The van der Waals surface area contributed by atoms with Crippen molar-refractivity contribution in [3.05, 3.63) is 85.7 Å². The van der Waals surface area contributed by atoms with Crippen molar-refractivity contribution in [2.75, 3.05) is 7.05 Å². The molecule has 0 saturated heterocycles. The van der Waals surface area contributed by atoms with Gasteiger partial charge in [-0.3, -0.25) is 9.59 Å². The molecule has 3 aliphatic rings. The fourth-order valence-corrected chi connectivity index (χ4v) is 6.01. The minimum absolute atomic E-state index is 0.0867. The number of hydrogen-bond acceptors (Lipinski definition) is 4. The SMILES string of the molecule is Cc1ccc(COc2c(Cl)cc(Cl)cc2C2C3=C(CCCC3=O)N(C)C3=C2C(=O)CCC3)cc1. The number of Topliss-reactive ketones (excluding diaryl/α,β-unsaturated/α-hetero) is 2. The van der Waals surface area contributed by atoms with E-state index in [4.69, 9.17) is 27.9 Å². The summed E-state index contributed by atoms with van der Waals surface area (Å²) in [6.07, 6.45) is 4.22. The molecule has 1 aliphatic heterocycles. The largest absolute Gasteiger partial charge is 0.487 e. The summed E-state index contributed by atoms with van der Waals surface area (Å²) in [7, 11) is 1.98. The fourth-order valence-electron chi connectivity index (χ4n) is 5.45. The van der Waals surface area contributed by atoms with Gasteiger partial charge in [0.15, 0.2) is 11.6 Å². The van der Waals surface area contributed by atoms with Crippen LogP contribution in [0.15, 0.2) is 58.9 Å². The molecule has 2 aliphatic carbocycles. The topological polar surface area (TPSA) is 46.6 Å². The van der Waals surface area contributed by atoms with E-state index in [1.54, 1.807) is 6.07 Å². The first-order valence-electron chi connectivity index (χ1n) is 11.8. The Morgan fingerprint density at radius 2 is 1.50 bits per heavy atom. The van der Waals surface area contributed by atoms with Gasteiger partial charge in [-0.25, -0.2) is 0 Å². The zero-order valence-corrected chi connectivity index (χ0v) is 20.9. The van der Waals surface area contributed by atoms with E-state index in [0.717, 1.165) is 42.6 Å². The highest BCUT2D eigenvalue weighted by atomic mass is 35.5. The summed E-state index contributed by atoms with van der Waals surface area (Å²) in [6.45, 7) is 2.36. The summed E-state index contributed by atoms with van der Waals surface area (Å²) in [5.41, 5.74) is 6.29. The molecule has 0 radical (unpaired) electrons. The Morgan fingerprint density at radius 1 is 0.912 bits per heavy atom. The maximum atomic E-state index is 13.3. The molecule has 34 heavy (non-hydrogen) atoms. The van der Waals surface area contributed by atoms with Crippen LogP contribution >= 0.6 is 23.2 Å². The van der Waals surface area contributed by atoms with Crippen LogP contribution in [-0.2, 0) is 16.2 Å². The Bertz CT molecular complexity index is 1200. The third-order valence-electron chi connectivity index (χ3n) is 7.10. The van der Waals surface area contributed by atoms with E-state index in [-0.39, 0.29) is 11.6 Å². The third kappa shape index (κ3) is 4.08. The van der Waals surface area contributed by atoms with Crippen LogP contribution in [0.1, 0.15) is 61.1 Å². The van der Waals surface area contributed by atoms with Crippen molar-refractivity contribution >= 4 is 34.8 Å². The van der Waals surface area contributed by atoms with Gasteiger partial charge in [0, 0.05) is 58.9 Å². The molecule has 0 saturated carbocycles. The van der Waals surface area contributed by atoms with Gasteiger partial charge in [-0.1, -0.05) is 53.0 Å². The van der Waals surface area contributed by atoms with Gasteiger partial charge in [0.25, 0.3) is 0 Å². The Balaban J connectivity index is 1.66. The smallest absolute Gasteiger partial charge is 0.161 e. The number of rotatable bonds is 4.